The summed E-state index contributed by atoms with van der Waals surface area (Å²) in [4.78, 5) is 12.7. The Morgan fingerprint density at radius 2 is 2.19 bits per heavy atom. The minimum Gasteiger partial charge on any atom is -0.478 e. The Morgan fingerprint density at radius 1 is 1.48 bits per heavy atom. The van der Waals surface area contributed by atoms with Crippen LogP contribution in [0.3, 0.4) is 0 Å². The van der Waals surface area contributed by atoms with Crippen LogP contribution in [0.5, 0.6) is 0 Å². The fourth-order valence-electron chi connectivity index (χ4n) is 2.44. The summed E-state index contributed by atoms with van der Waals surface area (Å²) >= 11 is 3.36. The van der Waals surface area contributed by atoms with Crippen LogP contribution in [-0.2, 0) is 14.6 Å². The normalized spacial score (nSPS) is 21.6. The zero-order valence-corrected chi connectivity index (χ0v) is 13.9. The SMILES string of the molecule is CC1CS(=O)(=O)CCN1c1ccc(Br)cc1/C=C/C(=O)O. The molecule has 1 heterocycles. The summed E-state index contributed by atoms with van der Waals surface area (Å²) in [5.74, 6) is -0.782. The fourth-order valence-corrected chi connectivity index (χ4v) is 4.37. The highest BCUT2D eigenvalue weighted by atomic mass is 79.9. The maximum Gasteiger partial charge on any atom is 0.328 e. The van der Waals surface area contributed by atoms with Gasteiger partial charge in [0.15, 0.2) is 9.84 Å². The molecule has 0 spiro atoms. The number of nitrogens with zero attached hydrogens (tertiary/aromatic N) is 1. The lowest BCUT2D eigenvalue weighted by molar-refractivity contribution is -0.131. The largest absolute Gasteiger partial charge is 0.478 e. The van der Waals surface area contributed by atoms with Crippen LogP contribution in [0.4, 0.5) is 5.69 Å². The number of anilines is 1. The van der Waals surface area contributed by atoms with Gasteiger partial charge < -0.3 is 10.0 Å². The molecule has 1 fully saturated rings. The topological polar surface area (TPSA) is 74.7 Å². The summed E-state index contributed by atoms with van der Waals surface area (Å²) in [6.07, 6.45) is 2.61. The first kappa shape index (κ1) is 16.0. The molecule has 1 atom stereocenters. The summed E-state index contributed by atoms with van der Waals surface area (Å²) in [5, 5.41) is 8.77. The van der Waals surface area contributed by atoms with Gasteiger partial charge in [0.25, 0.3) is 0 Å². The van der Waals surface area contributed by atoms with Gasteiger partial charge in [0, 0.05) is 28.8 Å². The van der Waals surface area contributed by atoms with Crippen molar-refractivity contribution >= 4 is 43.5 Å². The molecule has 1 N–H and O–H groups in total. The van der Waals surface area contributed by atoms with E-state index in [0.717, 1.165) is 21.8 Å². The number of carboxylic acid groups (broad SMARTS) is 1. The predicted molar refractivity (Wildman–Crippen MR) is 86.3 cm³/mol. The van der Waals surface area contributed by atoms with Crippen LogP contribution in [0.2, 0.25) is 0 Å². The Hall–Kier alpha value is -1.34. The van der Waals surface area contributed by atoms with Crippen LogP contribution >= 0.6 is 15.9 Å². The van der Waals surface area contributed by atoms with Crippen molar-refractivity contribution in [3.8, 4) is 0 Å². The first-order chi connectivity index (χ1) is 9.78. The van der Waals surface area contributed by atoms with Gasteiger partial charge in [0.1, 0.15) is 0 Å². The second kappa shape index (κ2) is 6.19. The van der Waals surface area contributed by atoms with Crippen LogP contribution in [0.15, 0.2) is 28.7 Å². The third kappa shape index (κ3) is 4.07. The highest BCUT2D eigenvalue weighted by Crippen LogP contribution is 2.29. The van der Waals surface area contributed by atoms with Crippen molar-refractivity contribution < 1.29 is 18.3 Å². The van der Waals surface area contributed by atoms with E-state index >= 15 is 0 Å². The van der Waals surface area contributed by atoms with Crippen LogP contribution in [0.1, 0.15) is 12.5 Å². The third-order valence-corrected chi connectivity index (χ3v) is 5.66. The molecule has 7 heteroatoms. The maximum atomic E-state index is 11.7. The highest BCUT2D eigenvalue weighted by molar-refractivity contribution is 9.10. The highest BCUT2D eigenvalue weighted by Gasteiger charge is 2.29. The molecule has 1 aromatic rings. The van der Waals surface area contributed by atoms with Gasteiger partial charge in [-0.05, 0) is 36.8 Å². The average Bonchev–Trinajstić information content (AvgIpc) is 2.36. The van der Waals surface area contributed by atoms with Crippen molar-refractivity contribution in [3.05, 3.63) is 34.3 Å². The molecule has 1 aliphatic heterocycles. The van der Waals surface area contributed by atoms with Gasteiger partial charge in [-0.25, -0.2) is 13.2 Å². The molecule has 0 radical (unpaired) electrons. The molecule has 0 aromatic heterocycles. The third-order valence-electron chi connectivity index (χ3n) is 3.37. The van der Waals surface area contributed by atoms with E-state index in [9.17, 15) is 13.2 Å². The second-order valence-electron chi connectivity index (χ2n) is 5.03. The predicted octanol–water partition coefficient (Wildman–Crippen LogP) is 2.17. The lowest BCUT2D eigenvalue weighted by Gasteiger charge is -2.36. The van der Waals surface area contributed by atoms with E-state index in [0.29, 0.717) is 6.54 Å². The summed E-state index contributed by atoms with van der Waals surface area (Å²) in [6, 6.07) is 5.43. The Kier molecular flexibility index (Phi) is 4.73. The van der Waals surface area contributed by atoms with Gasteiger partial charge in [-0.1, -0.05) is 15.9 Å². The molecule has 0 aliphatic carbocycles. The molecule has 114 valence electrons. The summed E-state index contributed by atoms with van der Waals surface area (Å²) in [6.45, 7) is 2.28. The number of aliphatic carboxylic acids is 1. The number of halogens is 1. The Bertz CT molecular complexity index is 684. The average molecular weight is 374 g/mol. The van der Waals surface area contributed by atoms with Gasteiger partial charge in [-0.3, -0.25) is 0 Å². The van der Waals surface area contributed by atoms with E-state index in [1.807, 2.05) is 30.0 Å². The first-order valence-electron chi connectivity index (χ1n) is 6.46. The van der Waals surface area contributed by atoms with Gasteiger partial charge in [-0.2, -0.15) is 0 Å². The van der Waals surface area contributed by atoms with Crippen LogP contribution in [-0.4, -0.2) is 43.6 Å². The summed E-state index contributed by atoms with van der Waals surface area (Å²) < 4.78 is 24.2. The second-order valence-corrected chi connectivity index (χ2v) is 8.18. The smallest absolute Gasteiger partial charge is 0.328 e. The summed E-state index contributed by atoms with van der Waals surface area (Å²) in [7, 11) is -2.98. The van der Waals surface area contributed by atoms with Crippen molar-refractivity contribution in [3.63, 3.8) is 0 Å². The van der Waals surface area contributed by atoms with Gasteiger partial charge in [-0.15, -0.1) is 0 Å². The van der Waals surface area contributed by atoms with E-state index in [-0.39, 0.29) is 17.5 Å². The van der Waals surface area contributed by atoms with Crippen molar-refractivity contribution in [1.29, 1.82) is 0 Å². The van der Waals surface area contributed by atoms with Crippen molar-refractivity contribution in [2.45, 2.75) is 13.0 Å². The maximum absolute atomic E-state index is 11.7. The van der Waals surface area contributed by atoms with Crippen LogP contribution < -0.4 is 4.90 Å². The minimum absolute atomic E-state index is 0.116. The standard InChI is InChI=1S/C14H16BrNO4S/c1-10-9-21(19,20)7-6-16(10)13-4-3-12(15)8-11(13)2-5-14(17)18/h2-5,8,10H,6-7,9H2,1H3,(H,17,18)/b5-2+. The molecular formula is C14H16BrNO4S. The number of sulfone groups is 1. The van der Waals surface area contributed by atoms with Gasteiger partial charge in [0.2, 0.25) is 0 Å². The molecule has 2 rings (SSSR count). The molecule has 21 heavy (non-hydrogen) atoms. The van der Waals surface area contributed by atoms with Crippen LogP contribution in [0.25, 0.3) is 6.08 Å². The monoisotopic (exact) mass is 373 g/mol. The number of carboxylic acids is 1. The number of hydrogen-bond acceptors (Lipinski definition) is 4. The molecule has 0 saturated carbocycles. The zero-order chi connectivity index (χ0) is 15.6. The molecule has 1 aromatic carbocycles. The Morgan fingerprint density at radius 3 is 2.81 bits per heavy atom. The quantitative estimate of drug-likeness (QED) is 0.821. The fraction of sp³-hybridized carbons (Fsp3) is 0.357. The van der Waals surface area contributed by atoms with Crippen LogP contribution in [0, 0.1) is 0 Å². The van der Waals surface area contributed by atoms with Crippen molar-refractivity contribution in [2.75, 3.05) is 23.0 Å². The van der Waals surface area contributed by atoms with E-state index in [1.165, 1.54) is 6.08 Å². The molecular weight excluding hydrogens is 358 g/mol. The lowest BCUT2D eigenvalue weighted by Crippen LogP contribution is -2.47. The number of carbonyl (C=O) groups is 1. The van der Waals surface area contributed by atoms with E-state index in [1.54, 1.807) is 0 Å². The van der Waals surface area contributed by atoms with Gasteiger partial charge >= 0.3 is 5.97 Å². The zero-order valence-electron chi connectivity index (χ0n) is 11.5. The molecule has 1 unspecified atom stereocenters. The lowest BCUT2D eigenvalue weighted by atomic mass is 10.1. The summed E-state index contributed by atoms with van der Waals surface area (Å²) in [5.41, 5.74) is 1.59. The van der Waals surface area contributed by atoms with E-state index in [2.05, 4.69) is 15.9 Å². The molecule has 5 nitrogen and oxygen atoms in total. The van der Waals surface area contributed by atoms with E-state index < -0.39 is 15.8 Å². The van der Waals surface area contributed by atoms with E-state index in [4.69, 9.17) is 5.11 Å². The Balaban J connectivity index is 2.37. The molecule has 1 saturated heterocycles. The molecule has 0 bridgehead atoms. The molecule has 0 amide bonds. The number of rotatable bonds is 3. The number of benzene rings is 1. The molecule has 1 aliphatic rings. The first-order valence-corrected chi connectivity index (χ1v) is 9.07. The van der Waals surface area contributed by atoms with Gasteiger partial charge in [0.05, 0.1) is 11.5 Å². The Labute approximate surface area is 132 Å². The number of hydrogen-bond donors (Lipinski definition) is 1. The van der Waals surface area contributed by atoms with Crippen molar-refractivity contribution in [1.82, 2.24) is 0 Å². The van der Waals surface area contributed by atoms with Crippen molar-refractivity contribution in [2.24, 2.45) is 0 Å². The minimum atomic E-state index is -2.98.